The Bertz CT molecular complexity index is 403. The molecule has 1 aromatic rings. The van der Waals surface area contributed by atoms with Crippen molar-refractivity contribution in [2.24, 2.45) is 9.98 Å². The highest BCUT2D eigenvalue weighted by Crippen LogP contribution is 2.14. The van der Waals surface area contributed by atoms with E-state index in [4.69, 9.17) is 5.26 Å². The normalized spacial score (nSPS) is 12.6. The molecule has 1 atom stereocenters. The van der Waals surface area contributed by atoms with Crippen LogP contribution in [0, 0.1) is 11.5 Å². The molecule has 0 fully saturated rings. The quantitative estimate of drug-likeness (QED) is 0.361. The second-order valence-corrected chi connectivity index (χ2v) is 3.37. The first-order valence-corrected chi connectivity index (χ1v) is 4.99. The van der Waals surface area contributed by atoms with Crippen LogP contribution in [-0.4, -0.2) is 19.2 Å². The number of hydrogen-bond acceptors (Lipinski definition) is 2. The Kier molecular flexibility index (Phi) is 4.74. The first kappa shape index (κ1) is 11.9. The lowest BCUT2D eigenvalue weighted by Gasteiger charge is -2.08. The van der Waals surface area contributed by atoms with Crippen LogP contribution in [0.25, 0.3) is 0 Å². The molecule has 82 valence electrons. The average molecular weight is 214 g/mol. The molecular formula is C12H14N4. The average Bonchev–Trinajstić information content (AvgIpc) is 2.35. The fourth-order valence-electron chi connectivity index (χ4n) is 1.29. The highest BCUT2D eigenvalue weighted by Gasteiger charge is 2.03. The third-order valence-corrected chi connectivity index (χ3v) is 2.20. The Morgan fingerprint density at radius 1 is 1.50 bits per heavy atom. The summed E-state index contributed by atoms with van der Waals surface area (Å²) in [5, 5.41) is 10.8. The van der Waals surface area contributed by atoms with Crippen molar-refractivity contribution in [1.82, 2.24) is 5.32 Å². The highest BCUT2D eigenvalue weighted by molar-refractivity contribution is 5.85. The molecule has 0 saturated heterocycles. The van der Waals surface area contributed by atoms with E-state index in [1.807, 2.05) is 18.2 Å². The Morgan fingerprint density at radius 2 is 2.19 bits per heavy atom. The van der Waals surface area contributed by atoms with Crippen molar-refractivity contribution in [2.45, 2.75) is 12.8 Å². The van der Waals surface area contributed by atoms with E-state index >= 15 is 0 Å². The van der Waals surface area contributed by atoms with E-state index in [-0.39, 0.29) is 5.96 Å². The van der Waals surface area contributed by atoms with Crippen LogP contribution in [0.2, 0.25) is 0 Å². The smallest absolute Gasteiger partial charge is 0.230 e. The van der Waals surface area contributed by atoms with Gasteiger partial charge in [-0.3, -0.25) is 5.32 Å². The maximum absolute atomic E-state index is 8.42. The molecule has 0 bridgehead atoms. The number of nitriles is 1. The number of benzene rings is 1. The zero-order chi connectivity index (χ0) is 11.8. The molecule has 1 rings (SSSR count). The van der Waals surface area contributed by atoms with Crippen LogP contribution in [0.15, 0.2) is 40.3 Å². The zero-order valence-electron chi connectivity index (χ0n) is 9.22. The number of nitrogens with one attached hydrogen (secondary N) is 1. The molecule has 4 heteroatoms. The molecule has 0 aliphatic rings. The van der Waals surface area contributed by atoms with Gasteiger partial charge in [-0.25, -0.2) is 9.98 Å². The molecule has 1 N–H and O–H groups in total. The summed E-state index contributed by atoms with van der Waals surface area (Å²) in [4.78, 5) is 7.77. The molecule has 0 spiro atoms. The molecular weight excluding hydrogens is 200 g/mol. The van der Waals surface area contributed by atoms with Crippen LogP contribution < -0.4 is 5.32 Å². The van der Waals surface area contributed by atoms with Crippen molar-refractivity contribution in [1.29, 1.82) is 5.26 Å². The lowest BCUT2D eigenvalue weighted by Crippen LogP contribution is -2.16. The maximum atomic E-state index is 8.42. The minimum atomic E-state index is 0.269. The van der Waals surface area contributed by atoms with Crippen LogP contribution in [0.3, 0.4) is 0 Å². The van der Waals surface area contributed by atoms with Crippen molar-refractivity contribution < 1.29 is 0 Å². The van der Waals surface area contributed by atoms with Gasteiger partial charge in [-0.2, -0.15) is 5.26 Å². The van der Waals surface area contributed by atoms with Gasteiger partial charge in [0.25, 0.3) is 0 Å². The second kappa shape index (κ2) is 6.36. The second-order valence-electron chi connectivity index (χ2n) is 3.37. The predicted octanol–water partition coefficient (Wildman–Crippen LogP) is 1.92. The summed E-state index contributed by atoms with van der Waals surface area (Å²) in [6.45, 7) is 5.99. The minimum absolute atomic E-state index is 0.269. The van der Waals surface area contributed by atoms with Gasteiger partial charge < -0.3 is 0 Å². The van der Waals surface area contributed by atoms with Crippen molar-refractivity contribution in [3.63, 3.8) is 0 Å². The molecule has 0 aliphatic carbocycles. The van der Waals surface area contributed by atoms with E-state index < -0.39 is 0 Å². The topological polar surface area (TPSA) is 60.5 Å². The first-order chi connectivity index (χ1) is 7.77. The molecule has 0 aromatic heterocycles. The number of aliphatic imine (C=N–C) groups is 2. The van der Waals surface area contributed by atoms with Gasteiger partial charge in [0, 0.05) is 12.5 Å². The summed E-state index contributed by atoms with van der Waals surface area (Å²) in [7, 11) is 0. The standard InChI is InChI=1S/C12H14N4/c1-10(11-6-4-3-5-7-11)8-15-12(14-2)16-9-13/h3-7,10H,2,8H2,1H3,(H,15,16). The molecule has 16 heavy (non-hydrogen) atoms. The van der Waals surface area contributed by atoms with Gasteiger partial charge in [0.05, 0.1) is 0 Å². The first-order valence-electron chi connectivity index (χ1n) is 4.99. The Balaban J connectivity index is 2.62. The zero-order valence-corrected chi connectivity index (χ0v) is 9.22. The molecule has 0 heterocycles. The van der Waals surface area contributed by atoms with E-state index in [1.165, 1.54) is 5.56 Å². The molecule has 0 saturated carbocycles. The summed E-state index contributed by atoms with van der Waals surface area (Å²) in [6, 6.07) is 10.1. The lowest BCUT2D eigenvalue weighted by atomic mass is 10.0. The fourth-order valence-corrected chi connectivity index (χ4v) is 1.29. The van der Waals surface area contributed by atoms with Gasteiger partial charge in [-0.15, -0.1) is 0 Å². The molecule has 1 aromatic carbocycles. The summed E-state index contributed by atoms with van der Waals surface area (Å²) in [5.74, 6) is 0.559. The van der Waals surface area contributed by atoms with Gasteiger partial charge in [0.1, 0.15) is 0 Å². The Hall–Kier alpha value is -2.15. The molecule has 1 unspecified atom stereocenters. The number of guanidine groups is 1. The van der Waals surface area contributed by atoms with E-state index in [0.717, 1.165) is 0 Å². The third-order valence-electron chi connectivity index (χ3n) is 2.20. The molecule has 0 amide bonds. The van der Waals surface area contributed by atoms with Crippen LogP contribution in [-0.2, 0) is 0 Å². The van der Waals surface area contributed by atoms with E-state index in [2.05, 4.69) is 41.1 Å². The van der Waals surface area contributed by atoms with Gasteiger partial charge >= 0.3 is 0 Å². The van der Waals surface area contributed by atoms with Gasteiger partial charge in [-0.05, 0) is 12.3 Å². The Morgan fingerprint density at radius 3 is 2.75 bits per heavy atom. The monoisotopic (exact) mass is 214 g/mol. The van der Waals surface area contributed by atoms with Gasteiger partial charge in [0.2, 0.25) is 5.96 Å². The molecule has 0 radical (unpaired) electrons. The summed E-state index contributed by atoms with van der Waals surface area (Å²) < 4.78 is 0. The number of hydrogen-bond donors (Lipinski definition) is 1. The van der Waals surface area contributed by atoms with Crippen molar-refractivity contribution >= 4 is 12.7 Å². The fraction of sp³-hybridized carbons (Fsp3) is 0.250. The largest absolute Gasteiger partial charge is 0.261 e. The Labute approximate surface area is 95.4 Å². The maximum Gasteiger partial charge on any atom is 0.230 e. The number of nitrogens with zero attached hydrogens (tertiary/aromatic N) is 3. The van der Waals surface area contributed by atoms with Crippen LogP contribution in [0.5, 0.6) is 0 Å². The summed E-state index contributed by atoms with van der Waals surface area (Å²) >= 11 is 0. The van der Waals surface area contributed by atoms with Gasteiger partial charge in [0.15, 0.2) is 6.19 Å². The lowest BCUT2D eigenvalue weighted by molar-refractivity contribution is 0.771. The summed E-state index contributed by atoms with van der Waals surface area (Å²) in [5.41, 5.74) is 1.21. The molecule has 4 nitrogen and oxygen atoms in total. The van der Waals surface area contributed by atoms with Crippen LogP contribution >= 0.6 is 0 Å². The van der Waals surface area contributed by atoms with Crippen LogP contribution in [0.4, 0.5) is 0 Å². The molecule has 0 aliphatic heterocycles. The minimum Gasteiger partial charge on any atom is -0.261 e. The highest BCUT2D eigenvalue weighted by atomic mass is 15.1. The van der Waals surface area contributed by atoms with E-state index in [0.29, 0.717) is 12.5 Å². The van der Waals surface area contributed by atoms with E-state index in [1.54, 1.807) is 6.19 Å². The van der Waals surface area contributed by atoms with Crippen molar-refractivity contribution in [2.75, 3.05) is 6.54 Å². The predicted molar refractivity (Wildman–Crippen MR) is 65.5 cm³/mol. The number of rotatable bonds is 3. The van der Waals surface area contributed by atoms with Crippen molar-refractivity contribution in [3.8, 4) is 6.19 Å². The van der Waals surface area contributed by atoms with Crippen LogP contribution in [0.1, 0.15) is 18.4 Å². The van der Waals surface area contributed by atoms with Gasteiger partial charge in [-0.1, -0.05) is 37.3 Å². The summed E-state index contributed by atoms with van der Waals surface area (Å²) in [6.07, 6.45) is 1.77. The third kappa shape index (κ3) is 3.54. The van der Waals surface area contributed by atoms with Crippen molar-refractivity contribution in [3.05, 3.63) is 35.9 Å². The van der Waals surface area contributed by atoms with E-state index in [9.17, 15) is 0 Å². The SMILES string of the molecule is C=NC(=NCC(C)c1ccccc1)NC#N.